The molecule has 0 bridgehead atoms. The number of pyridine rings is 1. The predicted molar refractivity (Wildman–Crippen MR) is 82.8 cm³/mol. The van der Waals surface area contributed by atoms with E-state index < -0.39 is 0 Å². The highest BCUT2D eigenvalue weighted by Crippen LogP contribution is 2.30. The highest BCUT2D eigenvalue weighted by atomic mass is 79.9. The van der Waals surface area contributed by atoms with Gasteiger partial charge in [0.25, 0.3) is 0 Å². The van der Waals surface area contributed by atoms with Gasteiger partial charge in [-0.1, -0.05) is 18.2 Å². The first-order valence-corrected chi connectivity index (χ1v) is 6.93. The maximum Gasteiger partial charge on any atom is 0.312 e. The number of benzene rings is 1. The molecule has 0 amide bonds. The van der Waals surface area contributed by atoms with E-state index in [0.717, 1.165) is 10.0 Å². The summed E-state index contributed by atoms with van der Waals surface area (Å²) in [6, 6.07) is 12.9. The van der Waals surface area contributed by atoms with E-state index in [9.17, 15) is 5.11 Å². The first-order chi connectivity index (χ1) is 10.2. The van der Waals surface area contributed by atoms with Gasteiger partial charge in [-0.15, -0.1) is 0 Å². The Bertz CT molecular complexity index is 785. The smallest absolute Gasteiger partial charge is 0.312 e. The van der Waals surface area contributed by atoms with Crippen LogP contribution < -0.4 is 0 Å². The van der Waals surface area contributed by atoms with Crippen LogP contribution in [0.2, 0.25) is 0 Å². The van der Waals surface area contributed by atoms with Crippen LogP contribution in [0.25, 0.3) is 11.5 Å². The lowest BCUT2D eigenvalue weighted by Gasteiger charge is -1.96. The molecule has 0 spiro atoms. The van der Waals surface area contributed by atoms with Crippen molar-refractivity contribution in [3.8, 4) is 17.4 Å². The van der Waals surface area contributed by atoms with Gasteiger partial charge in [-0.25, -0.2) is 15.0 Å². The van der Waals surface area contributed by atoms with Crippen molar-refractivity contribution in [3.05, 3.63) is 58.8 Å². The van der Waals surface area contributed by atoms with E-state index in [1.54, 1.807) is 18.3 Å². The summed E-state index contributed by atoms with van der Waals surface area (Å²) in [4.78, 5) is 12.4. The molecule has 1 aromatic carbocycles. The fraction of sp³-hybridized carbons (Fsp3) is 0. The van der Waals surface area contributed by atoms with Crippen molar-refractivity contribution < 1.29 is 9.52 Å². The molecule has 0 aliphatic carbocycles. The SMILES string of the molecule is Oc1oc(-c2ccccc2Br)nc1C=Nc1ccccn1. The molecule has 0 saturated carbocycles. The third-order valence-corrected chi connectivity index (χ3v) is 3.40. The lowest BCUT2D eigenvalue weighted by Crippen LogP contribution is -1.84. The molecule has 3 aromatic rings. The molecule has 0 fully saturated rings. The molecule has 3 rings (SSSR count). The molecule has 0 atom stereocenters. The van der Waals surface area contributed by atoms with Gasteiger partial charge in [0.15, 0.2) is 11.5 Å². The third kappa shape index (κ3) is 3.00. The molecular weight excluding hydrogens is 334 g/mol. The second kappa shape index (κ2) is 5.88. The minimum absolute atomic E-state index is 0.256. The van der Waals surface area contributed by atoms with Crippen LogP contribution in [0.3, 0.4) is 0 Å². The van der Waals surface area contributed by atoms with Crippen molar-refractivity contribution in [2.45, 2.75) is 0 Å². The summed E-state index contributed by atoms with van der Waals surface area (Å²) in [7, 11) is 0. The number of aliphatic imine (C=N–C) groups is 1. The Kier molecular flexibility index (Phi) is 3.79. The topological polar surface area (TPSA) is 71.5 Å². The van der Waals surface area contributed by atoms with Crippen LogP contribution in [-0.4, -0.2) is 21.3 Å². The van der Waals surface area contributed by atoms with Gasteiger partial charge in [0.2, 0.25) is 5.89 Å². The molecule has 0 aliphatic heterocycles. The van der Waals surface area contributed by atoms with E-state index in [-0.39, 0.29) is 11.6 Å². The molecule has 2 heterocycles. The second-order valence-corrected chi connectivity index (χ2v) is 4.99. The van der Waals surface area contributed by atoms with Crippen LogP contribution in [0, 0.1) is 0 Å². The van der Waals surface area contributed by atoms with Crippen molar-refractivity contribution in [1.82, 2.24) is 9.97 Å². The van der Waals surface area contributed by atoms with Crippen molar-refractivity contribution >= 4 is 28.0 Å². The first-order valence-electron chi connectivity index (χ1n) is 6.14. The van der Waals surface area contributed by atoms with Crippen LogP contribution in [0.5, 0.6) is 5.95 Å². The van der Waals surface area contributed by atoms with E-state index in [1.165, 1.54) is 6.21 Å². The van der Waals surface area contributed by atoms with Crippen LogP contribution in [-0.2, 0) is 0 Å². The largest absolute Gasteiger partial charge is 0.479 e. The quantitative estimate of drug-likeness (QED) is 0.730. The van der Waals surface area contributed by atoms with Gasteiger partial charge >= 0.3 is 5.95 Å². The first kappa shape index (κ1) is 13.5. The molecule has 1 N–H and O–H groups in total. The minimum atomic E-state index is -0.277. The molecule has 21 heavy (non-hydrogen) atoms. The lowest BCUT2D eigenvalue weighted by atomic mass is 10.2. The predicted octanol–water partition coefficient (Wildman–Crippen LogP) is 3.96. The van der Waals surface area contributed by atoms with Gasteiger partial charge in [0, 0.05) is 10.7 Å². The van der Waals surface area contributed by atoms with Crippen molar-refractivity contribution in [2.24, 2.45) is 4.99 Å². The highest BCUT2D eigenvalue weighted by molar-refractivity contribution is 9.10. The Morgan fingerprint density at radius 3 is 2.71 bits per heavy atom. The van der Waals surface area contributed by atoms with Crippen molar-refractivity contribution in [1.29, 1.82) is 0 Å². The summed E-state index contributed by atoms with van der Waals surface area (Å²) < 4.78 is 6.11. The lowest BCUT2D eigenvalue weighted by molar-refractivity contribution is 0.337. The number of aromatic nitrogens is 2. The van der Waals surface area contributed by atoms with Crippen molar-refractivity contribution in [2.75, 3.05) is 0 Å². The molecular formula is C15H10BrN3O2. The number of rotatable bonds is 3. The van der Waals surface area contributed by atoms with Gasteiger partial charge in [-0.2, -0.15) is 0 Å². The van der Waals surface area contributed by atoms with Crippen molar-refractivity contribution in [3.63, 3.8) is 0 Å². The van der Waals surface area contributed by atoms with Crippen LogP contribution in [0.15, 0.2) is 62.5 Å². The molecule has 104 valence electrons. The molecule has 0 unspecified atom stereocenters. The Balaban J connectivity index is 1.92. The molecule has 5 nitrogen and oxygen atoms in total. The number of nitrogens with zero attached hydrogens (tertiary/aromatic N) is 3. The number of aromatic hydroxyl groups is 1. The average molecular weight is 344 g/mol. The zero-order valence-electron chi connectivity index (χ0n) is 10.8. The third-order valence-electron chi connectivity index (χ3n) is 2.71. The van der Waals surface area contributed by atoms with Gasteiger partial charge in [-0.3, -0.25) is 0 Å². The fourth-order valence-electron chi connectivity index (χ4n) is 1.72. The summed E-state index contributed by atoms with van der Waals surface area (Å²) in [6.45, 7) is 0. The Hall–Kier alpha value is -2.47. The minimum Gasteiger partial charge on any atom is -0.479 e. The second-order valence-electron chi connectivity index (χ2n) is 4.14. The van der Waals surface area contributed by atoms with E-state index in [1.807, 2.05) is 30.3 Å². The summed E-state index contributed by atoms with van der Waals surface area (Å²) in [5, 5.41) is 9.81. The Morgan fingerprint density at radius 2 is 1.95 bits per heavy atom. The van der Waals surface area contributed by atoms with E-state index in [4.69, 9.17) is 4.42 Å². The molecule has 6 heteroatoms. The maximum absolute atomic E-state index is 9.81. The highest BCUT2D eigenvalue weighted by Gasteiger charge is 2.14. The van der Waals surface area contributed by atoms with Gasteiger partial charge in [-0.05, 0) is 40.2 Å². The molecule has 0 aliphatic rings. The normalized spacial score (nSPS) is 11.1. The summed E-state index contributed by atoms with van der Waals surface area (Å²) >= 11 is 3.42. The number of hydrogen-bond donors (Lipinski definition) is 1. The standard InChI is InChI=1S/C15H10BrN3O2/c16-11-6-2-1-5-10(11)14-19-12(15(20)21-14)9-18-13-7-3-4-8-17-13/h1-9,20H. The fourth-order valence-corrected chi connectivity index (χ4v) is 2.17. The zero-order valence-corrected chi connectivity index (χ0v) is 12.4. The van der Waals surface area contributed by atoms with Crippen LogP contribution >= 0.6 is 15.9 Å². The number of hydrogen-bond acceptors (Lipinski definition) is 5. The monoisotopic (exact) mass is 343 g/mol. The zero-order chi connectivity index (χ0) is 14.7. The molecule has 0 saturated heterocycles. The summed E-state index contributed by atoms with van der Waals surface area (Å²) in [5.41, 5.74) is 1.01. The number of halogens is 1. The molecule has 2 aromatic heterocycles. The average Bonchev–Trinajstić information content (AvgIpc) is 2.88. The van der Waals surface area contributed by atoms with Gasteiger partial charge < -0.3 is 9.52 Å². The van der Waals surface area contributed by atoms with Gasteiger partial charge in [0.05, 0.1) is 11.8 Å². The maximum atomic E-state index is 9.81. The molecule has 0 radical (unpaired) electrons. The Labute approximate surface area is 129 Å². The summed E-state index contributed by atoms with van der Waals surface area (Å²) in [5.74, 6) is 0.574. The van der Waals surface area contributed by atoms with Crippen LogP contribution in [0.4, 0.5) is 5.82 Å². The van der Waals surface area contributed by atoms with Crippen LogP contribution in [0.1, 0.15) is 5.69 Å². The summed E-state index contributed by atoms with van der Waals surface area (Å²) in [6.07, 6.45) is 3.06. The number of oxazole rings is 1. The van der Waals surface area contributed by atoms with E-state index in [2.05, 4.69) is 30.9 Å². The Morgan fingerprint density at radius 1 is 1.14 bits per heavy atom. The van der Waals surface area contributed by atoms with E-state index >= 15 is 0 Å². The van der Waals surface area contributed by atoms with E-state index in [0.29, 0.717) is 11.7 Å². The van der Waals surface area contributed by atoms with Gasteiger partial charge in [0.1, 0.15) is 0 Å².